The third-order valence-corrected chi connectivity index (χ3v) is 3.49. The molecule has 0 bridgehead atoms. The van der Waals surface area contributed by atoms with Gasteiger partial charge in [0, 0.05) is 25.2 Å². The smallest absolute Gasteiger partial charge is 0.304 e. The fraction of sp³-hybridized carbons (Fsp3) is 0.462. The molecule has 0 atom stereocenters. The van der Waals surface area contributed by atoms with Crippen LogP contribution in [0.1, 0.15) is 29.6 Å². The Hall–Kier alpha value is -1.98. The fourth-order valence-corrected chi connectivity index (χ4v) is 2.15. The third-order valence-electron chi connectivity index (χ3n) is 3.49. The number of nitrogens with zero attached hydrogens (tertiary/aromatic N) is 2. The van der Waals surface area contributed by atoms with E-state index < -0.39 is 16.4 Å². The lowest BCUT2D eigenvalue weighted by Crippen LogP contribution is -2.34. The van der Waals surface area contributed by atoms with Crippen molar-refractivity contribution in [3.05, 3.63) is 39.7 Å². The molecule has 0 heterocycles. The molecule has 0 saturated heterocycles. The minimum Gasteiger partial charge on any atom is -0.341 e. The molecule has 2 rings (SSSR count). The highest BCUT2D eigenvalue weighted by Crippen LogP contribution is 2.27. The average Bonchev–Trinajstić information content (AvgIpc) is 2.32. The largest absolute Gasteiger partial charge is 0.341 e. The predicted octanol–water partition coefficient (Wildman–Crippen LogP) is 2.61. The van der Waals surface area contributed by atoms with Gasteiger partial charge in [-0.05, 0) is 30.9 Å². The monoisotopic (exact) mass is 266 g/mol. The zero-order valence-corrected chi connectivity index (χ0v) is 10.6. The van der Waals surface area contributed by atoms with Crippen molar-refractivity contribution >= 4 is 11.6 Å². The highest BCUT2D eigenvalue weighted by atomic mass is 19.1. The number of hydrogen-bond acceptors (Lipinski definition) is 3. The number of nitro benzene ring substituents is 1. The van der Waals surface area contributed by atoms with Gasteiger partial charge in [-0.25, -0.2) is 0 Å². The summed E-state index contributed by atoms with van der Waals surface area (Å²) in [5.41, 5.74) is -0.469. The molecule has 1 fully saturated rings. The van der Waals surface area contributed by atoms with Gasteiger partial charge in [0.15, 0.2) is 0 Å². The van der Waals surface area contributed by atoms with Gasteiger partial charge in [-0.3, -0.25) is 14.9 Å². The van der Waals surface area contributed by atoms with E-state index in [0.717, 1.165) is 25.0 Å². The van der Waals surface area contributed by atoms with Crippen molar-refractivity contribution in [3.8, 4) is 0 Å². The van der Waals surface area contributed by atoms with Crippen LogP contribution in [0.2, 0.25) is 0 Å². The van der Waals surface area contributed by atoms with Crippen LogP contribution < -0.4 is 0 Å². The van der Waals surface area contributed by atoms with Crippen molar-refractivity contribution in [2.24, 2.45) is 5.92 Å². The zero-order valence-electron chi connectivity index (χ0n) is 10.6. The van der Waals surface area contributed by atoms with Crippen LogP contribution in [-0.4, -0.2) is 29.3 Å². The van der Waals surface area contributed by atoms with Crippen molar-refractivity contribution in [2.75, 3.05) is 13.6 Å². The van der Waals surface area contributed by atoms with E-state index in [4.69, 9.17) is 0 Å². The maximum Gasteiger partial charge on any atom is 0.304 e. The van der Waals surface area contributed by atoms with Crippen LogP contribution in [0.25, 0.3) is 0 Å². The third kappa shape index (κ3) is 2.89. The van der Waals surface area contributed by atoms with Crippen LogP contribution in [0.4, 0.5) is 10.1 Å². The minimum absolute atomic E-state index is 0.143. The molecule has 1 aliphatic carbocycles. The predicted molar refractivity (Wildman–Crippen MR) is 67.4 cm³/mol. The van der Waals surface area contributed by atoms with Crippen molar-refractivity contribution < 1.29 is 14.1 Å². The summed E-state index contributed by atoms with van der Waals surface area (Å²) in [6, 6.07) is 3.25. The summed E-state index contributed by atoms with van der Waals surface area (Å²) in [4.78, 5) is 23.3. The number of carbonyl (C=O) groups excluding carboxylic acids is 1. The van der Waals surface area contributed by atoms with Gasteiger partial charge in [0.1, 0.15) is 0 Å². The van der Waals surface area contributed by atoms with E-state index in [1.54, 1.807) is 11.9 Å². The van der Waals surface area contributed by atoms with E-state index in [1.807, 2.05) is 0 Å². The lowest BCUT2D eigenvalue weighted by molar-refractivity contribution is -0.387. The number of carbonyl (C=O) groups is 1. The summed E-state index contributed by atoms with van der Waals surface area (Å²) < 4.78 is 13.5. The molecule has 1 amide bonds. The second kappa shape index (κ2) is 5.34. The molecule has 6 heteroatoms. The van der Waals surface area contributed by atoms with Crippen molar-refractivity contribution in [3.63, 3.8) is 0 Å². The highest BCUT2D eigenvalue weighted by Gasteiger charge is 2.23. The lowest BCUT2D eigenvalue weighted by atomic mass is 9.85. The standard InChI is InChI=1S/C13H15FN2O3/c1-15(8-9-3-2-4-9)13(17)10-5-6-12(16(18)19)11(14)7-10/h5-7,9H,2-4,8H2,1H3. The van der Waals surface area contributed by atoms with E-state index in [9.17, 15) is 19.3 Å². The summed E-state index contributed by atoms with van der Waals surface area (Å²) in [5.74, 6) is -0.759. The first-order valence-electron chi connectivity index (χ1n) is 6.18. The molecular formula is C13H15FN2O3. The number of nitro groups is 1. The summed E-state index contributed by atoms with van der Waals surface area (Å²) in [5, 5.41) is 10.5. The fourth-order valence-electron chi connectivity index (χ4n) is 2.15. The number of rotatable bonds is 4. The molecule has 0 aromatic heterocycles. The van der Waals surface area contributed by atoms with Gasteiger partial charge in [-0.1, -0.05) is 6.42 Å². The Kier molecular flexibility index (Phi) is 3.78. The first kappa shape index (κ1) is 13.5. The van der Waals surface area contributed by atoms with Crippen LogP contribution in [0.5, 0.6) is 0 Å². The number of halogens is 1. The maximum atomic E-state index is 13.5. The molecule has 5 nitrogen and oxygen atoms in total. The molecule has 0 radical (unpaired) electrons. The SMILES string of the molecule is CN(CC1CCC1)C(=O)c1ccc([N+](=O)[O-])c(F)c1. The van der Waals surface area contributed by atoms with Gasteiger partial charge in [0.25, 0.3) is 5.91 Å². The summed E-state index contributed by atoms with van der Waals surface area (Å²) in [6.45, 7) is 0.650. The van der Waals surface area contributed by atoms with E-state index in [2.05, 4.69) is 0 Å². The molecule has 0 N–H and O–H groups in total. The Labute approximate surface area is 110 Å². The molecule has 1 saturated carbocycles. The van der Waals surface area contributed by atoms with Crippen molar-refractivity contribution in [1.29, 1.82) is 0 Å². The Balaban J connectivity index is 2.10. The van der Waals surface area contributed by atoms with E-state index >= 15 is 0 Å². The van der Waals surface area contributed by atoms with Gasteiger partial charge in [-0.2, -0.15) is 4.39 Å². The highest BCUT2D eigenvalue weighted by molar-refractivity contribution is 5.94. The molecule has 1 aliphatic rings. The average molecular weight is 266 g/mol. The van der Waals surface area contributed by atoms with Crippen LogP contribution >= 0.6 is 0 Å². The first-order valence-corrected chi connectivity index (χ1v) is 6.18. The van der Waals surface area contributed by atoms with Gasteiger partial charge in [0.05, 0.1) is 4.92 Å². The van der Waals surface area contributed by atoms with Crippen molar-refractivity contribution in [1.82, 2.24) is 4.90 Å². The van der Waals surface area contributed by atoms with E-state index in [1.165, 1.54) is 12.5 Å². The summed E-state index contributed by atoms with van der Waals surface area (Å²) >= 11 is 0. The summed E-state index contributed by atoms with van der Waals surface area (Å²) in [6.07, 6.45) is 3.43. The lowest BCUT2D eigenvalue weighted by Gasteiger charge is -2.30. The Morgan fingerprint density at radius 3 is 2.68 bits per heavy atom. The van der Waals surface area contributed by atoms with Crippen LogP contribution in [0.15, 0.2) is 18.2 Å². The summed E-state index contributed by atoms with van der Waals surface area (Å²) in [7, 11) is 1.67. The van der Waals surface area contributed by atoms with Crippen molar-refractivity contribution in [2.45, 2.75) is 19.3 Å². The van der Waals surface area contributed by atoms with E-state index in [-0.39, 0.29) is 11.5 Å². The van der Waals surface area contributed by atoms with Gasteiger partial charge in [-0.15, -0.1) is 0 Å². The topological polar surface area (TPSA) is 63.5 Å². The molecule has 0 aliphatic heterocycles. The Bertz CT molecular complexity index is 515. The first-order chi connectivity index (χ1) is 8.99. The number of benzene rings is 1. The maximum absolute atomic E-state index is 13.5. The van der Waals surface area contributed by atoms with Gasteiger partial charge in [0.2, 0.25) is 5.82 Å². The Morgan fingerprint density at radius 2 is 2.21 bits per heavy atom. The Morgan fingerprint density at radius 1 is 1.53 bits per heavy atom. The second-order valence-electron chi connectivity index (χ2n) is 4.91. The van der Waals surface area contributed by atoms with Crippen LogP contribution in [0, 0.1) is 21.8 Å². The second-order valence-corrected chi connectivity index (χ2v) is 4.91. The molecule has 1 aromatic rings. The van der Waals surface area contributed by atoms with Gasteiger partial charge >= 0.3 is 5.69 Å². The quantitative estimate of drug-likeness (QED) is 0.621. The van der Waals surface area contributed by atoms with Crippen LogP contribution in [0.3, 0.4) is 0 Å². The number of amides is 1. The zero-order chi connectivity index (χ0) is 14.0. The molecule has 102 valence electrons. The molecule has 19 heavy (non-hydrogen) atoms. The van der Waals surface area contributed by atoms with E-state index in [0.29, 0.717) is 12.5 Å². The minimum atomic E-state index is -0.979. The molecule has 0 spiro atoms. The molecule has 0 unspecified atom stereocenters. The van der Waals surface area contributed by atoms with Gasteiger partial charge < -0.3 is 4.90 Å². The molecular weight excluding hydrogens is 251 g/mol. The normalized spacial score (nSPS) is 14.8. The van der Waals surface area contributed by atoms with Crippen LogP contribution in [-0.2, 0) is 0 Å². The number of hydrogen-bond donors (Lipinski definition) is 0. The molecule has 1 aromatic carbocycles.